The number of benzene rings is 2. The number of aliphatic hydroxyl groups excluding tert-OH is 1. The molecule has 1 heterocycles. The number of rotatable bonds is 5. The first kappa shape index (κ1) is 16.2. The van der Waals surface area contributed by atoms with Crippen molar-refractivity contribution >= 4 is 23.2 Å². The highest BCUT2D eigenvalue weighted by Crippen LogP contribution is 2.16. The highest BCUT2D eigenvalue weighted by Gasteiger charge is 2.10. The van der Waals surface area contributed by atoms with Crippen molar-refractivity contribution < 1.29 is 9.90 Å². The van der Waals surface area contributed by atoms with Crippen molar-refractivity contribution in [2.75, 3.05) is 11.9 Å². The molecule has 0 atom stereocenters. The number of aromatic nitrogens is 2. The summed E-state index contributed by atoms with van der Waals surface area (Å²) in [6.45, 7) is 0.106. The number of amides is 1. The summed E-state index contributed by atoms with van der Waals surface area (Å²) in [6, 6.07) is 14.6. The number of nitrogens with zero attached hydrogens (tertiary/aromatic N) is 2. The lowest BCUT2D eigenvalue weighted by molar-refractivity contribution is 0.102. The van der Waals surface area contributed by atoms with Crippen molar-refractivity contribution in [2.45, 2.75) is 6.42 Å². The minimum Gasteiger partial charge on any atom is -0.396 e. The van der Waals surface area contributed by atoms with Crippen LogP contribution in [0.2, 0.25) is 5.02 Å². The third kappa shape index (κ3) is 3.82. The SMILES string of the molecule is O=C(Nc1ccc(CCO)cc1)c1cnn(-c2cccc(Cl)c2)c1. The molecule has 3 aromatic rings. The molecule has 6 heteroatoms. The first-order valence-electron chi connectivity index (χ1n) is 7.47. The number of hydrogen-bond acceptors (Lipinski definition) is 3. The maximum absolute atomic E-state index is 12.3. The molecule has 1 amide bonds. The Morgan fingerprint density at radius 3 is 2.71 bits per heavy atom. The second-order valence-electron chi connectivity index (χ2n) is 5.28. The third-order valence-electron chi connectivity index (χ3n) is 3.53. The predicted molar refractivity (Wildman–Crippen MR) is 93.8 cm³/mol. The summed E-state index contributed by atoms with van der Waals surface area (Å²) in [4.78, 5) is 12.3. The molecule has 0 aliphatic heterocycles. The van der Waals surface area contributed by atoms with Gasteiger partial charge < -0.3 is 10.4 Å². The first-order valence-corrected chi connectivity index (χ1v) is 7.85. The lowest BCUT2D eigenvalue weighted by Gasteiger charge is -2.05. The zero-order valence-corrected chi connectivity index (χ0v) is 13.6. The van der Waals surface area contributed by atoms with Gasteiger partial charge in [0.1, 0.15) is 0 Å². The van der Waals surface area contributed by atoms with E-state index in [9.17, 15) is 4.79 Å². The number of aliphatic hydroxyl groups is 1. The van der Waals surface area contributed by atoms with Crippen molar-refractivity contribution in [3.63, 3.8) is 0 Å². The van der Waals surface area contributed by atoms with Crippen LogP contribution in [-0.2, 0) is 6.42 Å². The van der Waals surface area contributed by atoms with Crippen molar-refractivity contribution in [3.05, 3.63) is 77.1 Å². The number of nitrogens with one attached hydrogen (secondary N) is 1. The molecule has 0 aliphatic carbocycles. The topological polar surface area (TPSA) is 67.2 Å². The van der Waals surface area contributed by atoms with E-state index in [-0.39, 0.29) is 12.5 Å². The molecule has 0 saturated heterocycles. The quantitative estimate of drug-likeness (QED) is 0.748. The molecule has 0 spiro atoms. The smallest absolute Gasteiger partial charge is 0.258 e. The molecule has 0 radical (unpaired) electrons. The van der Waals surface area contributed by atoms with E-state index in [4.69, 9.17) is 16.7 Å². The van der Waals surface area contributed by atoms with E-state index in [2.05, 4.69) is 10.4 Å². The van der Waals surface area contributed by atoms with Gasteiger partial charge in [-0.25, -0.2) is 4.68 Å². The summed E-state index contributed by atoms with van der Waals surface area (Å²) >= 11 is 5.97. The molecular formula is C18H16ClN3O2. The average molecular weight is 342 g/mol. The third-order valence-corrected chi connectivity index (χ3v) is 3.76. The van der Waals surface area contributed by atoms with Gasteiger partial charge in [0.2, 0.25) is 0 Å². The van der Waals surface area contributed by atoms with E-state index in [1.807, 2.05) is 36.4 Å². The van der Waals surface area contributed by atoms with E-state index in [0.717, 1.165) is 11.3 Å². The van der Waals surface area contributed by atoms with Gasteiger partial charge >= 0.3 is 0 Å². The fourth-order valence-electron chi connectivity index (χ4n) is 2.29. The van der Waals surface area contributed by atoms with Crippen molar-refractivity contribution in [1.82, 2.24) is 9.78 Å². The van der Waals surface area contributed by atoms with Gasteiger partial charge in [-0.05, 0) is 42.3 Å². The normalized spacial score (nSPS) is 10.6. The van der Waals surface area contributed by atoms with E-state index in [1.54, 1.807) is 23.0 Å². The molecule has 1 aromatic heterocycles. The molecular weight excluding hydrogens is 326 g/mol. The molecule has 2 aromatic carbocycles. The van der Waals surface area contributed by atoms with E-state index in [0.29, 0.717) is 22.7 Å². The Morgan fingerprint density at radius 2 is 2.00 bits per heavy atom. The predicted octanol–water partition coefficient (Wildman–Crippen LogP) is 3.31. The Morgan fingerprint density at radius 1 is 1.21 bits per heavy atom. The molecule has 2 N–H and O–H groups in total. The number of carbonyl (C=O) groups is 1. The van der Waals surface area contributed by atoms with Crippen LogP contribution in [-0.4, -0.2) is 27.4 Å². The van der Waals surface area contributed by atoms with Gasteiger partial charge in [0.05, 0.1) is 17.4 Å². The second-order valence-corrected chi connectivity index (χ2v) is 5.71. The van der Waals surface area contributed by atoms with Gasteiger partial charge in [-0.3, -0.25) is 4.79 Å². The fourth-order valence-corrected chi connectivity index (χ4v) is 2.47. The van der Waals surface area contributed by atoms with Crippen LogP contribution >= 0.6 is 11.6 Å². The molecule has 0 fully saturated rings. The zero-order valence-electron chi connectivity index (χ0n) is 12.8. The summed E-state index contributed by atoms with van der Waals surface area (Å²) in [5.74, 6) is -0.238. The van der Waals surface area contributed by atoms with Gasteiger partial charge in [0, 0.05) is 23.5 Å². The highest BCUT2D eigenvalue weighted by molar-refractivity contribution is 6.30. The monoisotopic (exact) mass is 341 g/mol. The molecule has 0 unspecified atom stereocenters. The van der Waals surface area contributed by atoms with Crippen LogP contribution in [0.5, 0.6) is 0 Å². The van der Waals surface area contributed by atoms with Gasteiger partial charge in [-0.1, -0.05) is 29.8 Å². The highest BCUT2D eigenvalue weighted by atomic mass is 35.5. The summed E-state index contributed by atoms with van der Waals surface area (Å²) in [7, 11) is 0. The Kier molecular flexibility index (Phi) is 4.93. The molecule has 0 bridgehead atoms. The van der Waals surface area contributed by atoms with Crippen LogP contribution in [0.4, 0.5) is 5.69 Å². The molecule has 24 heavy (non-hydrogen) atoms. The molecule has 0 saturated carbocycles. The summed E-state index contributed by atoms with van der Waals surface area (Å²) in [5.41, 5.74) is 2.95. The van der Waals surface area contributed by atoms with Crippen LogP contribution in [0, 0.1) is 0 Å². The standard InChI is InChI=1S/C18H16ClN3O2/c19-15-2-1-3-17(10-15)22-12-14(11-20-22)18(24)21-16-6-4-13(5-7-16)8-9-23/h1-7,10-12,23H,8-9H2,(H,21,24). The lowest BCUT2D eigenvalue weighted by Crippen LogP contribution is -2.11. The van der Waals surface area contributed by atoms with Crippen molar-refractivity contribution in [3.8, 4) is 5.69 Å². The largest absolute Gasteiger partial charge is 0.396 e. The van der Waals surface area contributed by atoms with Crippen molar-refractivity contribution in [1.29, 1.82) is 0 Å². The van der Waals surface area contributed by atoms with Gasteiger partial charge in [-0.15, -0.1) is 0 Å². The van der Waals surface area contributed by atoms with E-state index < -0.39 is 0 Å². The van der Waals surface area contributed by atoms with Crippen LogP contribution in [0.1, 0.15) is 15.9 Å². The second kappa shape index (κ2) is 7.29. The maximum atomic E-state index is 12.3. The maximum Gasteiger partial charge on any atom is 0.258 e. The molecule has 3 rings (SSSR count). The van der Waals surface area contributed by atoms with Gasteiger partial charge in [0.25, 0.3) is 5.91 Å². The fraction of sp³-hybridized carbons (Fsp3) is 0.111. The van der Waals surface area contributed by atoms with Crippen molar-refractivity contribution in [2.24, 2.45) is 0 Å². The average Bonchev–Trinajstić information content (AvgIpc) is 3.07. The van der Waals surface area contributed by atoms with E-state index >= 15 is 0 Å². The van der Waals surface area contributed by atoms with Crippen LogP contribution in [0.25, 0.3) is 5.69 Å². The number of hydrogen-bond donors (Lipinski definition) is 2. The molecule has 0 aliphatic rings. The Hall–Kier alpha value is -2.63. The number of anilines is 1. The summed E-state index contributed by atoms with van der Waals surface area (Å²) in [6.07, 6.45) is 3.76. The Balaban J connectivity index is 1.71. The molecule has 122 valence electrons. The van der Waals surface area contributed by atoms with Crippen LogP contribution in [0.3, 0.4) is 0 Å². The summed E-state index contributed by atoms with van der Waals surface area (Å²) in [5, 5.41) is 16.5. The zero-order chi connectivity index (χ0) is 16.9. The minimum absolute atomic E-state index is 0.106. The van der Waals surface area contributed by atoms with Crippen LogP contribution < -0.4 is 5.32 Å². The van der Waals surface area contributed by atoms with Crippen LogP contribution in [0.15, 0.2) is 60.9 Å². The Labute approximate surface area is 144 Å². The van der Waals surface area contributed by atoms with E-state index in [1.165, 1.54) is 6.20 Å². The van der Waals surface area contributed by atoms with Gasteiger partial charge in [0.15, 0.2) is 0 Å². The minimum atomic E-state index is -0.238. The van der Waals surface area contributed by atoms with Gasteiger partial charge in [-0.2, -0.15) is 5.10 Å². The first-order chi connectivity index (χ1) is 11.7. The summed E-state index contributed by atoms with van der Waals surface area (Å²) < 4.78 is 1.60. The molecule has 5 nitrogen and oxygen atoms in total. The number of halogens is 1. The number of carbonyl (C=O) groups excluding carboxylic acids is 1. The lowest BCUT2D eigenvalue weighted by atomic mass is 10.1. The Bertz CT molecular complexity index is 843.